The van der Waals surface area contributed by atoms with Gasteiger partial charge in [-0.2, -0.15) is 0 Å². The van der Waals surface area contributed by atoms with Crippen LogP contribution in [0.1, 0.15) is 31.0 Å². The third-order valence-corrected chi connectivity index (χ3v) is 5.98. The van der Waals surface area contributed by atoms with E-state index in [4.69, 9.17) is 4.74 Å². The molecule has 0 fully saturated rings. The van der Waals surface area contributed by atoms with E-state index < -0.39 is 6.04 Å². The largest absolute Gasteiger partial charge is 0.497 e. The van der Waals surface area contributed by atoms with Crippen LogP contribution in [0.5, 0.6) is 5.75 Å². The minimum atomic E-state index is -0.569. The van der Waals surface area contributed by atoms with E-state index in [2.05, 4.69) is 4.99 Å². The van der Waals surface area contributed by atoms with Crippen molar-refractivity contribution in [1.82, 2.24) is 4.57 Å². The van der Waals surface area contributed by atoms with E-state index in [-0.39, 0.29) is 17.2 Å². The number of allylic oxidation sites excluding steroid dienone is 2. The molecule has 0 unspecified atom stereocenters. The Balaban J connectivity index is 1.94. The average molecular weight is 422 g/mol. The first-order chi connectivity index (χ1) is 14.4. The van der Waals surface area contributed by atoms with Crippen LogP contribution in [-0.4, -0.2) is 17.5 Å². The zero-order valence-electron chi connectivity index (χ0n) is 16.7. The summed E-state index contributed by atoms with van der Waals surface area (Å²) >= 11 is 1.25. The second-order valence-corrected chi connectivity index (χ2v) is 7.97. The lowest BCUT2D eigenvalue weighted by molar-refractivity contribution is -0.114. The number of hydrogen-bond donors (Lipinski definition) is 0. The number of aromatic nitrogens is 1. The van der Waals surface area contributed by atoms with E-state index in [1.807, 2.05) is 12.1 Å². The maximum absolute atomic E-state index is 13.3. The number of halogens is 1. The van der Waals surface area contributed by atoms with Gasteiger partial charge in [0.1, 0.15) is 11.6 Å². The number of benzene rings is 2. The Kier molecular flexibility index (Phi) is 5.22. The number of carbonyl (C=O) groups is 1. The van der Waals surface area contributed by atoms with Crippen LogP contribution in [0.15, 0.2) is 69.6 Å². The summed E-state index contributed by atoms with van der Waals surface area (Å²) in [5.41, 5.74) is 2.35. The molecule has 0 bridgehead atoms. The van der Waals surface area contributed by atoms with Crippen molar-refractivity contribution in [3.8, 4) is 5.75 Å². The third kappa shape index (κ3) is 3.52. The van der Waals surface area contributed by atoms with Crippen molar-refractivity contribution < 1.29 is 13.9 Å². The Morgan fingerprint density at radius 1 is 1.17 bits per heavy atom. The molecule has 5 nitrogen and oxygen atoms in total. The number of nitrogens with zero attached hydrogens (tertiary/aromatic N) is 2. The zero-order chi connectivity index (χ0) is 21.4. The van der Waals surface area contributed by atoms with Gasteiger partial charge in [0, 0.05) is 11.3 Å². The summed E-state index contributed by atoms with van der Waals surface area (Å²) in [4.78, 5) is 30.8. The fraction of sp³-hybridized carbons (Fsp3) is 0.174. The molecule has 0 aliphatic carbocycles. The number of hydrogen-bond acceptors (Lipinski definition) is 5. The van der Waals surface area contributed by atoms with Crippen LogP contribution >= 0.6 is 11.3 Å². The SMILES string of the molecule is COc1ccc([C@H]2C(C(C)=O)=C(C)N=c3s/c(=C/c4ccc(F)cc4)c(=O)n32)cc1. The first-order valence-electron chi connectivity index (χ1n) is 9.32. The van der Waals surface area contributed by atoms with Crippen LogP contribution in [0.3, 0.4) is 0 Å². The standard InChI is InChI=1S/C23H19FN2O3S/c1-13-20(14(2)27)21(16-6-10-18(29-3)11-7-16)26-22(28)19(30-23(26)25-13)12-15-4-8-17(24)9-5-15/h4-12,21H,1-3H3/b19-12+/t21-/m0/s1. The van der Waals surface area contributed by atoms with Crippen molar-refractivity contribution in [3.63, 3.8) is 0 Å². The Labute approximate surface area is 176 Å². The molecular weight excluding hydrogens is 403 g/mol. The zero-order valence-corrected chi connectivity index (χ0v) is 17.5. The summed E-state index contributed by atoms with van der Waals surface area (Å²) in [7, 11) is 1.58. The van der Waals surface area contributed by atoms with Gasteiger partial charge in [0.15, 0.2) is 10.6 Å². The summed E-state index contributed by atoms with van der Waals surface area (Å²) in [6.07, 6.45) is 1.71. The highest BCUT2D eigenvalue weighted by Gasteiger charge is 2.30. The van der Waals surface area contributed by atoms with Crippen LogP contribution in [0.25, 0.3) is 6.08 Å². The number of methoxy groups -OCH3 is 1. The maximum Gasteiger partial charge on any atom is 0.271 e. The van der Waals surface area contributed by atoms with E-state index in [0.717, 1.165) is 5.56 Å². The molecule has 0 spiro atoms. The van der Waals surface area contributed by atoms with Crippen molar-refractivity contribution in [2.75, 3.05) is 7.11 Å². The molecule has 2 heterocycles. The second kappa shape index (κ2) is 7.84. The normalized spacial score (nSPS) is 16.3. The van der Waals surface area contributed by atoms with E-state index in [0.29, 0.717) is 31.9 Å². The molecule has 0 saturated carbocycles. The van der Waals surface area contributed by atoms with Gasteiger partial charge in [-0.1, -0.05) is 35.6 Å². The van der Waals surface area contributed by atoms with Crippen LogP contribution in [0.4, 0.5) is 4.39 Å². The summed E-state index contributed by atoms with van der Waals surface area (Å²) in [5.74, 6) is 0.215. The highest BCUT2D eigenvalue weighted by atomic mass is 32.1. The molecule has 1 aromatic heterocycles. The van der Waals surface area contributed by atoms with Gasteiger partial charge in [-0.3, -0.25) is 14.2 Å². The lowest BCUT2D eigenvalue weighted by atomic mass is 9.93. The summed E-state index contributed by atoms with van der Waals surface area (Å²) in [6.45, 7) is 3.27. The van der Waals surface area contributed by atoms with Gasteiger partial charge in [0.2, 0.25) is 0 Å². The number of thiazole rings is 1. The Morgan fingerprint density at radius 2 is 1.83 bits per heavy atom. The van der Waals surface area contributed by atoms with E-state index in [1.54, 1.807) is 48.9 Å². The number of rotatable bonds is 4. The molecule has 4 rings (SSSR count). The quantitative estimate of drug-likeness (QED) is 0.650. The maximum atomic E-state index is 13.3. The van der Waals surface area contributed by atoms with E-state index in [9.17, 15) is 14.0 Å². The number of ether oxygens (including phenoxy) is 1. The number of fused-ring (bicyclic) bond motifs is 1. The number of carbonyl (C=O) groups excluding carboxylic acids is 1. The lowest BCUT2D eigenvalue weighted by Gasteiger charge is -2.24. The van der Waals surface area contributed by atoms with Crippen molar-refractivity contribution in [2.24, 2.45) is 4.99 Å². The van der Waals surface area contributed by atoms with Gasteiger partial charge in [0.05, 0.1) is 17.7 Å². The van der Waals surface area contributed by atoms with Crippen LogP contribution in [-0.2, 0) is 4.79 Å². The Morgan fingerprint density at radius 3 is 2.43 bits per heavy atom. The van der Waals surface area contributed by atoms with Crippen LogP contribution in [0, 0.1) is 5.82 Å². The summed E-state index contributed by atoms with van der Waals surface area (Å²) in [6, 6.07) is 12.7. The molecule has 0 N–H and O–H groups in total. The molecule has 0 saturated heterocycles. The molecule has 1 aliphatic rings. The first kappa shape index (κ1) is 20.0. The molecule has 30 heavy (non-hydrogen) atoms. The summed E-state index contributed by atoms with van der Waals surface area (Å²) < 4.78 is 20.5. The summed E-state index contributed by atoms with van der Waals surface area (Å²) in [5, 5.41) is 0. The minimum Gasteiger partial charge on any atom is -0.497 e. The van der Waals surface area contributed by atoms with Crippen molar-refractivity contribution in [2.45, 2.75) is 19.9 Å². The molecule has 0 amide bonds. The monoisotopic (exact) mass is 422 g/mol. The number of ketones is 1. The second-order valence-electron chi connectivity index (χ2n) is 6.96. The van der Waals surface area contributed by atoms with Crippen LogP contribution in [0.2, 0.25) is 0 Å². The van der Waals surface area contributed by atoms with E-state index in [1.165, 1.54) is 30.4 Å². The van der Waals surface area contributed by atoms with Gasteiger partial charge in [-0.15, -0.1) is 0 Å². The Hall–Kier alpha value is -3.32. The Bertz CT molecular complexity index is 1330. The lowest BCUT2D eigenvalue weighted by Crippen LogP contribution is -2.39. The first-order valence-corrected chi connectivity index (χ1v) is 10.1. The smallest absolute Gasteiger partial charge is 0.271 e. The van der Waals surface area contributed by atoms with Gasteiger partial charge in [0.25, 0.3) is 5.56 Å². The van der Waals surface area contributed by atoms with Crippen LogP contribution < -0.4 is 19.6 Å². The highest BCUT2D eigenvalue weighted by molar-refractivity contribution is 7.07. The fourth-order valence-corrected chi connectivity index (χ4v) is 4.63. The molecule has 1 aliphatic heterocycles. The highest BCUT2D eigenvalue weighted by Crippen LogP contribution is 2.31. The van der Waals surface area contributed by atoms with Crippen molar-refractivity contribution in [3.05, 3.63) is 96.4 Å². The molecule has 0 radical (unpaired) electrons. The van der Waals surface area contributed by atoms with Crippen molar-refractivity contribution >= 4 is 23.2 Å². The van der Waals surface area contributed by atoms with Gasteiger partial charge >= 0.3 is 0 Å². The fourth-order valence-electron chi connectivity index (χ4n) is 3.58. The minimum absolute atomic E-state index is 0.134. The predicted octanol–water partition coefficient (Wildman–Crippen LogP) is 2.97. The van der Waals surface area contributed by atoms with E-state index >= 15 is 0 Å². The van der Waals surface area contributed by atoms with Gasteiger partial charge < -0.3 is 4.74 Å². The molecule has 7 heteroatoms. The van der Waals surface area contributed by atoms with Crippen molar-refractivity contribution in [1.29, 1.82) is 0 Å². The number of Topliss-reactive ketones (excluding diaryl/α,β-unsaturated/α-hetero) is 1. The molecule has 152 valence electrons. The van der Waals surface area contributed by atoms with Gasteiger partial charge in [-0.05, 0) is 55.3 Å². The third-order valence-electron chi connectivity index (χ3n) is 5.00. The molecule has 3 aromatic rings. The van der Waals surface area contributed by atoms with Gasteiger partial charge in [-0.25, -0.2) is 9.38 Å². The predicted molar refractivity (Wildman–Crippen MR) is 114 cm³/mol. The topological polar surface area (TPSA) is 60.7 Å². The molecule has 1 atom stereocenters. The average Bonchev–Trinajstić information content (AvgIpc) is 3.03. The molecule has 2 aromatic carbocycles. The molecular formula is C23H19FN2O3S.